The fourth-order valence-corrected chi connectivity index (χ4v) is 2.20. The summed E-state index contributed by atoms with van der Waals surface area (Å²) in [5, 5.41) is 2.81. The van der Waals surface area contributed by atoms with Gasteiger partial charge in [-0.1, -0.05) is 12.1 Å². The summed E-state index contributed by atoms with van der Waals surface area (Å²) < 4.78 is 6.60. The van der Waals surface area contributed by atoms with E-state index in [9.17, 15) is 4.79 Å². The van der Waals surface area contributed by atoms with Crippen molar-refractivity contribution in [2.75, 3.05) is 0 Å². The molecule has 1 N–H and O–H groups in total. The molecule has 1 aliphatic rings. The van der Waals surface area contributed by atoms with E-state index in [4.69, 9.17) is 4.74 Å². The maximum absolute atomic E-state index is 11.6. The van der Waals surface area contributed by atoms with E-state index < -0.39 is 0 Å². The molecule has 0 saturated heterocycles. The van der Waals surface area contributed by atoms with Crippen LogP contribution >= 0.6 is 22.6 Å². The summed E-state index contributed by atoms with van der Waals surface area (Å²) in [4.78, 5) is 11.6. The Balaban J connectivity index is 1.85. The van der Waals surface area contributed by atoms with E-state index in [-0.39, 0.29) is 17.7 Å². The van der Waals surface area contributed by atoms with Crippen LogP contribution in [0.5, 0.6) is 0 Å². The Morgan fingerprint density at radius 3 is 2.50 bits per heavy atom. The lowest BCUT2D eigenvalue weighted by molar-refractivity contribution is 0.128. The molecule has 1 aromatic rings. The van der Waals surface area contributed by atoms with E-state index in [1.165, 1.54) is 9.13 Å². The van der Waals surface area contributed by atoms with Crippen LogP contribution in [0.2, 0.25) is 0 Å². The van der Waals surface area contributed by atoms with Crippen LogP contribution in [0.1, 0.15) is 38.7 Å². The van der Waals surface area contributed by atoms with Crippen molar-refractivity contribution in [2.45, 2.75) is 44.8 Å². The lowest BCUT2D eigenvalue weighted by Gasteiger charge is -2.20. The Kier molecular flexibility index (Phi) is 3.84. The van der Waals surface area contributed by atoms with Gasteiger partial charge in [-0.15, -0.1) is 0 Å². The average molecular weight is 359 g/mol. The van der Waals surface area contributed by atoms with Gasteiger partial charge in [0.25, 0.3) is 0 Å². The zero-order chi connectivity index (χ0) is 13.3. The molecule has 0 bridgehead atoms. The highest BCUT2D eigenvalue weighted by atomic mass is 127. The minimum absolute atomic E-state index is 0.0346. The van der Waals surface area contributed by atoms with Crippen LogP contribution in [-0.4, -0.2) is 17.7 Å². The zero-order valence-corrected chi connectivity index (χ0v) is 13.0. The first-order valence-corrected chi connectivity index (χ1v) is 7.17. The maximum Gasteiger partial charge on any atom is 0.407 e. The summed E-state index contributed by atoms with van der Waals surface area (Å²) in [6, 6.07) is 8.38. The molecule has 4 heteroatoms. The van der Waals surface area contributed by atoms with Crippen LogP contribution < -0.4 is 5.32 Å². The third kappa shape index (κ3) is 3.86. The Bertz CT molecular complexity index is 436. The van der Waals surface area contributed by atoms with Gasteiger partial charge in [0, 0.05) is 15.0 Å². The van der Waals surface area contributed by atoms with Gasteiger partial charge in [-0.2, -0.15) is 0 Å². The molecule has 2 unspecified atom stereocenters. The quantitative estimate of drug-likeness (QED) is 0.819. The molecule has 1 aromatic carbocycles. The molecule has 1 amide bonds. The van der Waals surface area contributed by atoms with Crippen LogP contribution in [0.25, 0.3) is 0 Å². The van der Waals surface area contributed by atoms with Gasteiger partial charge in [-0.3, -0.25) is 0 Å². The van der Waals surface area contributed by atoms with Crippen LogP contribution in [0.15, 0.2) is 24.3 Å². The first-order chi connectivity index (χ1) is 8.35. The van der Waals surface area contributed by atoms with Gasteiger partial charge in [0.1, 0.15) is 6.10 Å². The smallest absolute Gasteiger partial charge is 0.407 e. The van der Waals surface area contributed by atoms with E-state index in [2.05, 4.69) is 52.2 Å². The number of rotatable bonds is 2. The van der Waals surface area contributed by atoms with Crippen molar-refractivity contribution in [3.8, 4) is 0 Å². The van der Waals surface area contributed by atoms with E-state index in [0.29, 0.717) is 5.92 Å². The summed E-state index contributed by atoms with van der Waals surface area (Å²) in [6.45, 7) is 5.83. The maximum atomic E-state index is 11.6. The highest BCUT2D eigenvalue weighted by Crippen LogP contribution is 2.43. The second-order valence-corrected chi connectivity index (χ2v) is 6.96. The molecule has 2 atom stereocenters. The zero-order valence-electron chi connectivity index (χ0n) is 10.9. The number of nitrogens with one attached hydrogen (secondary N) is 1. The Morgan fingerprint density at radius 2 is 1.94 bits per heavy atom. The van der Waals surface area contributed by atoms with Crippen molar-refractivity contribution in [3.63, 3.8) is 0 Å². The van der Waals surface area contributed by atoms with Crippen molar-refractivity contribution in [3.05, 3.63) is 33.4 Å². The van der Waals surface area contributed by atoms with Gasteiger partial charge in [0.15, 0.2) is 0 Å². The van der Waals surface area contributed by atoms with E-state index in [1.54, 1.807) is 0 Å². The number of ether oxygens (including phenoxy) is 1. The predicted molar refractivity (Wildman–Crippen MR) is 79.7 cm³/mol. The van der Waals surface area contributed by atoms with Gasteiger partial charge in [-0.05, 0) is 67.5 Å². The van der Waals surface area contributed by atoms with Crippen LogP contribution in [-0.2, 0) is 4.74 Å². The van der Waals surface area contributed by atoms with E-state index in [0.717, 1.165) is 6.42 Å². The number of hydrogen-bond acceptors (Lipinski definition) is 2. The number of carbonyl (C=O) groups excluding carboxylic acids is 1. The molecule has 1 fully saturated rings. The Labute approximate surface area is 121 Å². The molecule has 0 heterocycles. The van der Waals surface area contributed by atoms with E-state index >= 15 is 0 Å². The standard InChI is InChI=1S/C14H18INO2/c1-14(2,3)16-13(17)18-12-8-11(12)9-4-6-10(15)7-5-9/h4-7,11-12H,8H2,1-3H3,(H,16,17). The molecule has 1 saturated carbocycles. The molecule has 0 radical (unpaired) electrons. The second-order valence-electron chi connectivity index (χ2n) is 5.71. The van der Waals surface area contributed by atoms with Crippen LogP contribution in [0, 0.1) is 3.57 Å². The summed E-state index contributed by atoms with van der Waals surface area (Å²) in [5.41, 5.74) is 1.01. The van der Waals surface area contributed by atoms with Crippen molar-refractivity contribution in [1.29, 1.82) is 0 Å². The summed E-state index contributed by atoms with van der Waals surface area (Å²) in [6.07, 6.45) is 0.644. The molecular formula is C14H18INO2. The normalized spacial score (nSPS) is 22.4. The number of benzene rings is 1. The van der Waals surface area contributed by atoms with Gasteiger partial charge in [0.05, 0.1) is 0 Å². The van der Waals surface area contributed by atoms with Gasteiger partial charge < -0.3 is 10.1 Å². The molecule has 98 valence electrons. The molecule has 2 rings (SSSR count). The average Bonchev–Trinajstić information content (AvgIpc) is 2.95. The molecule has 3 nitrogen and oxygen atoms in total. The number of alkyl carbamates (subject to hydrolysis) is 1. The Hall–Kier alpha value is -0.780. The van der Waals surface area contributed by atoms with Crippen molar-refractivity contribution >= 4 is 28.7 Å². The fourth-order valence-electron chi connectivity index (χ4n) is 1.84. The molecule has 0 spiro atoms. The SMILES string of the molecule is CC(C)(C)NC(=O)OC1CC1c1ccc(I)cc1. The third-order valence-corrected chi connectivity index (χ3v) is 3.48. The first kappa shape index (κ1) is 13.6. The molecule has 0 aromatic heterocycles. The van der Waals surface area contributed by atoms with Crippen molar-refractivity contribution < 1.29 is 9.53 Å². The highest BCUT2D eigenvalue weighted by molar-refractivity contribution is 14.1. The minimum atomic E-state index is -0.319. The van der Waals surface area contributed by atoms with Gasteiger partial charge >= 0.3 is 6.09 Å². The van der Waals surface area contributed by atoms with Crippen LogP contribution in [0.3, 0.4) is 0 Å². The van der Waals surface area contributed by atoms with Gasteiger partial charge in [-0.25, -0.2) is 4.79 Å². The number of hydrogen-bond donors (Lipinski definition) is 1. The first-order valence-electron chi connectivity index (χ1n) is 6.09. The van der Waals surface area contributed by atoms with Gasteiger partial charge in [0.2, 0.25) is 0 Å². The second kappa shape index (κ2) is 5.07. The summed E-state index contributed by atoms with van der Waals surface area (Å²) in [5.74, 6) is 0.368. The topological polar surface area (TPSA) is 38.3 Å². The fraction of sp³-hybridized carbons (Fsp3) is 0.500. The van der Waals surface area contributed by atoms with Crippen molar-refractivity contribution in [2.24, 2.45) is 0 Å². The highest BCUT2D eigenvalue weighted by Gasteiger charge is 2.42. The largest absolute Gasteiger partial charge is 0.446 e. The lowest BCUT2D eigenvalue weighted by Crippen LogP contribution is -2.41. The predicted octanol–water partition coefficient (Wildman–Crippen LogP) is 3.67. The Morgan fingerprint density at radius 1 is 1.33 bits per heavy atom. The minimum Gasteiger partial charge on any atom is -0.446 e. The monoisotopic (exact) mass is 359 g/mol. The summed E-state index contributed by atoms with van der Waals surface area (Å²) in [7, 11) is 0. The lowest BCUT2D eigenvalue weighted by atomic mass is 10.1. The molecule has 0 aliphatic heterocycles. The number of amides is 1. The molecule has 18 heavy (non-hydrogen) atoms. The summed E-state index contributed by atoms with van der Waals surface area (Å²) >= 11 is 2.28. The van der Waals surface area contributed by atoms with E-state index in [1.807, 2.05) is 20.8 Å². The molecule has 1 aliphatic carbocycles. The number of halogens is 1. The third-order valence-electron chi connectivity index (χ3n) is 2.77. The number of carbonyl (C=O) groups is 1. The van der Waals surface area contributed by atoms with Crippen molar-refractivity contribution in [1.82, 2.24) is 5.32 Å². The molecular weight excluding hydrogens is 341 g/mol. The van der Waals surface area contributed by atoms with Crippen LogP contribution in [0.4, 0.5) is 4.79 Å².